The van der Waals surface area contributed by atoms with Gasteiger partial charge in [-0.2, -0.15) is 0 Å². The quantitative estimate of drug-likeness (QED) is 0.834. The van der Waals surface area contributed by atoms with Crippen LogP contribution in [-0.2, 0) is 14.9 Å². The van der Waals surface area contributed by atoms with Gasteiger partial charge in [0.05, 0.1) is 0 Å². The molecule has 0 radical (unpaired) electrons. The molecule has 0 atom stereocenters. The summed E-state index contributed by atoms with van der Waals surface area (Å²) >= 11 is 0. The molecule has 2 N–H and O–H groups in total. The van der Waals surface area contributed by atoms with Crippen molar-refractivity contribution in [1.82, 2.24) is 0 Å². The van der Waals surface area contributed by atoms with Crippen molar-refractivity contribution < 1.29 is 9.47 Å². The van der Waals surface area contributed by atoms with Crippen LogP contribution >= 0.6 is 0 Å². The fraction of sp³-hybridized carbons (Fsp3) is 0.600. The average molecular weight is 249 g/mol. The molecule has 1 saturated carbocycles. The number of nitrogens with two attached hydrogens (primary N) is 1. The first-order chi connectivity index (χ1) is 8.70. The van der Waals surface area contributed by atoms with Crippen LogP contribution in [-0.4, -0.2) is 26.6 Å². The van der Waals surface area contributed by atoms with Crippen molar-refractivity contribution in [2.75, 3.05) is 20.8 Å². The third-order valence-corrected chi connectivity index (χ3v) is 4.49. The van der Waals surface area contributed by atoms with Crippen LogP contribution in [0.15, 0.2) is 30.3 Å². The summed E-state index contributed by atoms with van der Waals surface area (Å²) in [5, 5.41) is 0. The van der Waals surface area contributed by atoms with Crippen LogP contribution in [0.1, 0.15) is 31.2 Å². The Morgan fingerprint density at radius 2 is 1.56 bits per heavy atom. The zero-order chi connectivity index (χ0) is 13.1. The summed E-state index contributed by atoms with van der Waals surface area (Å²) in [5.41, 5.74) is 7.49. The maximum absolute atomic E-state index is 6.06. The van der Waals surface area contributed by atoms with Gasteiger partial charge in [0.1, 0.15) is 0 Å². The van der Waals surface area contributed by atoms with Gasteiger partial charge >= 0.3 is 0 Å². The van der Waals surface area contributed by atoms with Crippen LogP contribution in [0, 0.1) is 0 Å². The lowest BCUT2D eigenvalue weighted by atomic mass is 9.68. The highest BCUT2D eigenvalue weighted by Crippen LogP contribution is 2.44. The Hall–Kier alpha value is -0.900. The Kier molecular flexibility index (Phi) is 4.05. The number of rotatable bonds is 4. The number of methoxy groups -OCH3 is 2. The highest BCUT2D eigenvalue weighted by molar-refractivity contribution is 5.27. The van der Waals surface area contributed by atoms with E-state index in [1.807, 2.05) is 6.07 Å². The molecule has 0 aromatic heterocycles. The number of ether oxygens (including phenoxy) is 2. The van der Waals surface area contributed by atoms with Crippen molar-refractivity contribution in [3.05, 3.63) is 35.9 Å². The molecule has 1 fully saturated rings. The van der Waals surface area contributed by atoms with E-state index in [4.69, 9.17) is 15.2 Å². The Morgan fingerprint density at radius 3 is 2.00 bits per heavy atom. The molecule has 0 amide bonds. The van der Waals surface area contributed by atoms with Gasteiger partial charge in [0.2, 0.25) is 0 Å². The summed E-state index contributed by atoms with van der Waals surface area (Å²) in [4.78, 5) is 0. The van der Waals surface area contributed by atoms with Crippen LogP contribution in [0.3, 0.4) is 0 Å². The lowest BCUT2D eigenvalue weighted by Crippen LogP contribution is -2.47. The maximum Gasteiger partial charge on any atom is 0.167 e. The largest absolute Gasteiger partial charge is 0.353 e. The van der Waals surface area contributed by atoms with Gasteiger partial charge in [-0.3, -0.25) is 0 Å². The summed E-state index contributed by atoms with van der Waals surface area (Å²) in [6.07, 6.45) is 3.81. The number of hydrogen-bond acceptors (Lipinski definition) is 3. The van der Waals surface area contributed by atoms with Crippen LogP contribution < -0.4 is 5.73 Å². The van der Waals surface area contributed by atoms with Gasteiger partial charge < -0.3 is 15.2 Å². The molecule has 0 bridgehead atoms. The van der Waals surface area contributed by atoms with E-state index in [-0.39, 0.29) is 5.41 Å². The van der Waals surface area contributed by atoms with Gasteiger partial charge in [0, 0.05) is 39.0 Å². The first-order valence-corrected chi connectivity index (χ1v) is 6.56. The van der Waals surface area contributed by atoms with Gasteiger partial charge in [-0.25, -0.2) is 0 Å². The molecule has 1 aromatic carbocycles. The van der Waals surface area contributed by atoms with Crippen molar-refractivity contribution in [3.63, 3.8) is 0 Å². The molecule has 0 saturated heterocycles. The van der Waals surface area contributed by atoms with Gasteiger partial charge in [-0.1, -0.05) is 30.3 Å². The minimum Gasteiger partial charge on any atom is -0.353 e. The van der Waals surface area contributed by atoms with Crippen LogP contribution in [0.2, 0.25) is 0 Å². The lowest BCUT2D eigenvalue weighted by Gasteiger charge is -2.44. The molecule has 2 rings (SSSR count). The molecule has 0 unspecified atom stereocenters. The van der Waals surface area contributed by atoms with E-state index in [1.54, 1.807) is 14.2 Å². The van der Waals surface area contributed by atoms with Gasteiger partial charge in [-0.05, 0) is 18.4 Å². The zero-order valence-electron chi connectivity index (χ0n) is 11.3. The fourth-order valence-electron chi connectivity index (χ4n) is 3.00. The van der Waals surface area contributed by atoms with Crippen LogP contribution in [0.5, 0.6) is 0 Å². The third kappa shape index (κ3) is 2.30. The number of benzene rings is 1. The molecular formula is C15H23NO2. The topological polar surface area (TPSA) is 44.5 Å². The first kappa shape index (κ1) is 13.5. The van der Waals surface area contributed by atoms with Gasteiger partial charge in [0.25, 0.3) is 0 Å². The predicted octanol–water partition coefficient (Wildman–Crippen LogP) is 2.45. The van der Waals surface area contributed by atoms with E-state index in [0.717, 1.165) is 25.7 Å². The maximum atomic E-state index is 6.06. The highest BCUT2D eigenvalue weighted by atomic mass is 16.7. The zero-order valence-corrected chi connectivity index (χ0v) is 11.3. The van der Waals surface area contributed by atoms with E-state index in [2.05, 4.69) is 24.3 Å². The Labute approximate surface area is 109 Å². The molecule has 1 aromatic rings. The second-order valence-corrected chi connectivity index (χ2v) is 5.17. The molecule has 100 valence electrons. The molecule has 3 nitrogen and oxygen atoms in total. The van der Waals surface area contributed by atoms with Crippen molar-refractivity contribution in [2.24, 2.45) is 5.73 Å². The Bertz CT molecular complexity index is 363. The molecule has 18 heavy (non-hydrogen) atoms. The Morgan fingerprint density at radius 1 is 1.00 bits per heavy atom. The molecule has 3 heteroatoms. The first-order valence-electron chi connectivity index (χ1n) is 6.56. The molecule has 0 aliphatic heterocycles. The second-order valence-electron chi connectivity index (χ2n) is 5.17. The average Bonchev–Trinajstić information content (AvgIpc) is 2.48. The second kappa shape index (κ2) is 5.39. The summed E-state index contributed by atoms with van der Waals surface area (Å²) in [6, 6.07) is 10.6. The van der Waals surface area contributed by atoms with Gasteiger partial charge in [-0.15, -0.1) is 0 Å². The summed E-state index contributed by atoms with van der Waals surface area (Å²) in [6.45, 7) is 0.681. The smallest absolute Gasteiger partial charge is 0.167 e. The van der Waals surface area contributed by atoms with E-state index in [9.17, 15) is 0 Å². The van der Waals surface area contributed by atoms with Crippen molar-refractivity contribution in [1.29, 1.82) is 0 Å². The minimum absolute atomic E-state index is 0.0851. The fourth-order valence-corrected chi connectivity index (χ4v) is 3.00. The van der Waals surface area contributed by atoms with Crippen molar-refractivity contribution >= 4 is 0 Å². The standard InChI is InChI=1S/C15H23NO2/c1-17-15(18-2)10-8-14(12-16,9-11-15)13-6-4-3-5-7-13/h3-7H,8-12,16H2,1-2H3. The molecule has 0 spiro atoms. The minimum atomic E-state index is -0.409. The van der Waals surface area contributed by atoms with E-state index < -0.39 is 5.79 Å². The Balaban J connectivity index is 2.19. The predicted molar refractivity (Wildman–Crippen MR) is 72.4 cm³/mol. The highest BCUT2D eigenvalue weighted by Gasteiger charge is 2.43. The van der Waals surface area contributed by atoms with E-state index >= 15 is 0 Å². The SMILES string of the molecule is COC1(OC)CCC(CN)(c2ccccc2)CC1. The lowest BCUT2D eigenvalue weighted by molar-refractivity contribution is -0.229. The van der Waals surface area contributed by atoms with Gasteiger partial charge in [0.15, 0.2) is 5.79 Å². The van der Waals surface area contributed by atoms with E-state index in [1.165, 1.54) is 5.56 Å². The monoisotopic (exact) mass is 249 g/mol. The molecule has 1 aliphatic rings. The van der Waals surface area contributed by atoms with Crippen molar-refractivity contribution in [3.8, 4) is 0 Å². The molecular weight excluding hydrogens is 226 g/mol. The normalized spacial score (nSPS) is 21.7. The van der Waals surface area contributed by atoms with Crippen molar-refractivity contribution in [2.45, 2.75) is 36.9 Å². The molecule has 0 heterocycles. The summed E-state index contributed by atoms with van der Waals surface area (Å²) < 4.78 is 11.1. The van der Waals surface area contributed by atoms with E-state index in [0.29, 0.717) is 6.54 Å². The summed E-state index contributed by atoms with van der Waals surface area (Å²) in [5.74, 6) is -0.409. The number of hydrogen-bond donors (Lipinski definition) is 1. The summed E-state index contributed by atoms with van der Waals surface area (Å²) in [7, 11) is 3.45. The molecule has 1 aliphatic carbocycles. The third-order valence-electron chi connectivity index (χ3n) is 4.49. The van der Waals surface area contributed by atoms with Crippen LogP contribution in [0.25, 0.3) is 0 Å². The van der Waals surface area contributed by atoms with Crippen LogP contribution in [0.4, 0.5) is 0 Å².